The van der Waals surface area contributed by atoms with E-state index in [1.165, 1.54) is 55.3 Å². The maximum atomic E-state index is 2.22. The molecule has 0 aromatic heterocycles. The van der Waals surface area contributed by atoms with Crippen LogP contribution in [0.4, 0.5) is 0 Å². The van der Waals surface area contributed by atoms with Crippen molar-refractivity contribution in [3.63, 3.8) is 0 Å². The second-order valence-corrected chi connectivity index (χ2v) is 9.24. The molecule has 0 radical (unpaired) electrons. The molecule has 0 aliphatic carbocycles. The van der Waals surface area contributed by atoms with Crippen LogP contribution >= 0.6 is 0 Å². The average Bonchev–Trinajstić information content (AvgIpc) is 2.89. The van der Waals surface area contributed by atoms with Gasteiger partial charge in [0, 0.05) is 0 Å². The number of benzene rings is 5. The van der Waals surface area contributed by atoms with Crippen molar-refractivity contribution in [2.45, 2.75) is 55.4 Å². The fourth-order valence-corrected chi connectivity index (χ4v) is 3.61. The maximum Gasteiger partial charge on any atom is -0.0181 e. The summed E-state index contributed by atoms with van der Waals surface area (Å²) in [5.41, 5.74) is 10.5. The minimum Gasteiger partial charge on any atom is -0.0683 e. The van der Waals surface area contributed by atoms with Crippen LogP contribution < -0.4 is 0 Å². The summed E-state index contributed by atoms with van der Waals surface area (Å²) in [6.07, 6.45) is 0. The van der Waals surface area contributed by atoms with Crippen molar-refractivity contribution >= 4 is 10.8 Å². The monoisotopic (exact) mass is 474 g/mol. The molecule has 0 atom stereocenters. The molecule has 5 aromatic rings. The topological polar surface area (TPSA) is 0 Å². The second kappa shape index (κ2) is 14.7. The van der Waals surface area contributed by atoms with Crippen LogP contribution in [0.1, 0.15) is 47.2 Å². The smallest absolute Gasteiger partial charge is 0.0181 e. The zero-order valence-electron chi connectivity index (χ0n) is 23.4. The molecule has 36 heavy (non-hydrogen) atoms. The Balaban J connectivity index is 0.000000190. The third-order valence-electron chi connectivity index (χ3n) is 5.81. The lowest BCUT2D eigenvalue weighted by Crippen LogP contribution is -1.78. The van der Waals surface area contributed by atoms with Crippen molar-refractivity contribution in [1.82, 2.24) is 0 Å². The number of hydrogen-bond acceptors (Lipinski definition) is 0. The molecule has 5 aromatic carbocycles. The third-order valence-corrected chi connectivity index (χ3v) is 5.81. The highest BCUT2D eigenvalue weighted by molar-refractivity contribution is 5.83. The molecule has 0 bridgehead atoms. The molecular weight excluding hydrogens is 432 g/mol. The standard InChI is InChI=1S/C14H14.C12H12.C8H10.C2H6/c1-11-3-7-13(8-4-11)14-9-5-12(2)6-10-14;1-9-3-5-12-8-10(2)4-6-11(12)7-9;1-7-3-5-8(2)6-4-7;1-2/h3-10H,1-2H3;3-8H,1-2H3;3-6H,1-2H3;1-2H3. The summed E-state index contributed by atoms with van der Waals surface area (Å²) in [6.45, 7) is 16.7. The fourth-order valence-electron chi connectivity index (χ4n) is 3.61. The first-order valence-electron chi connectivity index (χ1n) is 12.9. The van der Waals surface area contributed by atoms with Crippen LogP contribution in [0.2, 0.25) is 0 Å². The van der Waals surface area contributed by atoms with E-state index < -0.39 is 0 Å². The molecule has 0 unspecified atom stereocenters. The van der Waals surface area contributed by atoms with E-state index in [0.29, 0.717) is 0 Å². The molecule has 0 saturated heterocycles. The summed E-state index contributed by atoms with van der Waals surface area (Å²) in [5.74, 6) is 0. The van der Waals surface area contributed by atoms with Gasteiger partial charge < -0.3 is 0 Å². The van der Waals surface area contributed by atoms with Crippen LogP contribution in [-0.4, -0.2) is 0 Å². The quantitative estimate of drug-likeness (QED) is 0.227. The molecule has 5 rings (SSSR count). The molecule has 0 amide bonds. The minimum atomic E-state index is 1.29. The van der Waals surface area contributed by atoms with Gasteiger partial charge in [0.1, 0.15) is 0 Å². The van der Waals surface area contributed by atoms with Crippen LogP contribution in [-0.2, 0) is 0 Å². The van der Waals surface area contributed by atoms with Crippen LogP contribution in [0, 0.1) is 41.5 Å². The van der Waals surface area contributed by atoms with Gasteiger partial charge in [-0.1, -0.05) is 156 Å². The average molecular weight is 475 g/mol. The Hall–Kier alpha value is -3.64. The lowest BCUT2D eigenvalue weighted by Gasteiger charge is -2.02. The van der Waals surface area contributed by atoms with Crippen molar-refractivity contribution in [1.29, 1.82) is 0 Å². The lowest BCUT2D eigenvalue weighted by molar-refractivity contribution is 1.40. The summed E-state index contributed by atoms with van der Waals surface area (Å²) >= 11 is 0. The van der Waals surface area contributed by atoms with Gasteiger partial charge in [-0.3, -0.25) is 0 Å². The minimum absolute atomic E-state index is 1.29. The SMILES string of the molecule is CC.Cc1ccc(-c2ccc(C)cc2)cc1.Cc1ccc(C)cc1.Cc1ccc2cc(C)ccc2c1. The van der Waals surface area contributed by atoms with Crippen LogP contribution in [0.25, 0.3) is 21.9 Å². The Morgan fingerprint density at radius 1 is 0.278 bits per heavy atom. The number of hydrogen-bond donors (Lipinski definition) is 0. The first-order chi connectivity index (χ1) is 17.3. The number of rotatable bonds is 1. The van der Waals surface area contributed by atoms with Gasteiger partial charge in [0.05, 0.1) is 0 Å². The Labute approximate surface area is 219 Å². The molecule has 0 heteroatoms. The Kier molecular flexibility index (Phi) is 11.7. The molecule has 0 saturated carbocycles. The van der Waals surface area contributed by atoms with Gasteiger partial charge in [-0.2, -0.15) is 0 Å². The van der Waals surface area contributed by atoms with Gasteiger partial charge in [-0.05, 0) is 63.4 Å². The largest absolute Gasteiger partial charge is 0.0683 e. The summed E-state index contributed by atoms with van der Waals surface area (Å²) in [5, 5.41) is 2.67. The van der Waals surface area contributed by atoms with E-state index in [2.05, 4.69) is 151 Å². The zero-order valence-corrected chi connectivity index (χ0v) is 23.4. The first-order valence-corrected chi connectivity index (χ1v) is 12.9. The molecule has 0 fully saturated rings. The number of fused-ring (bicyclic) bond motifs is 1. The second-order valence-electron chi connectivity index (χ2n) is 9.24. The molecular formula is C36H42. The fraction of sp³-hybridized carbons (Fsp3) is 0.222. The lowest BCUT2D eigenvalue weighted by atomic mass is 10.0. The van der Waals surface area contributed by atoms with Crippen LogP contribution in [0.5, 0.6) is 0 Å². The summed E-state index contributed by atoms with van der Waals surface area (Å²) in [4.78, 5) is 0. The van der Waals surface area contributed by atoms with E-state index in [1.807, 2.05) is 13.8 Å². The Bertz CT molecular complexity index is 1200. The van der Waals surface area contributed by atoms with E-state index in [-0.39, 0.29) is 0 Å². The molecule has 186 valence electrons. The molecule has 0 N–H and O–H groups in total. The maximum absolute atomic E-state index is 2.22. The van der Waals surface area contributed by atoms with Crippen LogP contribution in [0.3, 0.4) is 0 Å². The summed E-state index contributed by atoms with van der Waals surface area (Å²) in [6, 6.07) is 38.8. The third kappa shape index (κ3) is 9.55. The Morgan fingerprint density at radius 3 is 0.778 bits per heavy atom. The van der Waals surface area contributed by atoms with E-state index in [9.17, 15) is 0 Å². The van der Waals surface area contributed by atoms with Crippen LogP contribution in [0.15, 0.2) is 109 Å². The predicted molar refractivity (Wildman–Crippen MR) is 162 cm³/mol. The van der Waals surface area contributed by atoms with Gasteiger partial charge in [0.15, 0.2) is 0 Å². The first kappa shape index (κ1) is 28.6. The van der Waals surface area contributed by atoms with Crippen molar-refractivity contribution < 1.29 is 0 Å². The predicted octanol–water partition coefficient (Wildman–Crippen LogP) is 10.8. The normalized spacial score (nSPS) is 9.67. The molecule has 0 nitrogen and oxygen atoms in total. The van der Waals surface area contributed by atoms with Gasteiger partial charge in [-0.15, -0.1) is 0 Å². The highest BCUT2D eigenvalue weighted by Crippen LogP contribution is 2.20. The highest BCUT2D eigenvalue weighted by Gasteiger charge is 1.95. The number of aryl methyl sites for hydroxylation is 6. The van der Waals surface area contributed by atoms with E-state index >= 15 is 0 Å². The van der Waals surface area contributed by atoms with Gasteiger partial charge in [0.25, 0.3) is 0 Å². The van der Waals surface area contributed by atoms with Crippen molar-refractivity contribution in [3.8, 4) is 11.1 Å². The Morgan fingerprint density at radius 2 is 0.500 bits per heavy atom. The van der Waals surface area contributed by atoms with Crippen molar-refractivity contribution in [3.05, 3.63) is 143 Å². The highest BCUT2D eigenvalue weighted by atomic mass is 14.0. The van der Waals surface area contributed by atoms with E-state index in [0.717, 1.165) is 0 Å². The van der Waals surface area contributed by atoms with E-state index in [4.69, 9.17) is 0 Å². The summed E-state index contributed by atoms with van der Waals surface area (Å²) < 4.78 is 0. The zero-order chi connectivity index (χ0) is 26.5. The summed E-state index contributed by atoms with van der Waals surface area (Å²) in [7, 11) is 0. The van der Waals surface area contributed by atoms with Gasteiger partial charge in [-0.25, -0.2) is 0 Å². The molecule has 0 aliphatic rings. The van der Waals surface area contributed by atoms with Gasteiger partial charge >= 0.3 is 0 Å². The molecule has 0 heterocycles. The van der Waals surface area contributed by atoms with Crippen molar-refractivity contribution in [2.24, 2.45) is 0 Å². The van der Waals surface area contributed by atoms with E-state index in [1.54, 1.807) is 0 Å². The van der Waals surface area contributed by atoms with Gasteiger partial charge in [0.2, 0.25) is 0 Å². The molecule has 0 aliphatic heterocycles. The molecule has 0 spiro atoms. The van der Waals surface area contributed by atoms with Crippen molar-refractivity contribution in [2.75, 3.05) is 0 Å².